The van der Waals surface area contributed by atoms with Crippen molar-refractivity contribution in [1.82, 2.24) is 30.2 Å². The number of carbonyl (C=O) groups excluding carboxylic acids is 4. The third-order valence-electron chi connectivity index (χ3n) is 18.9. The van der Waals surface area contributed by atoms with Gasteiger partial charge >= 0.3 is 0 Å². The van der Waals surface area contributed by atoms with E-state index in [1.807, 2.05) is 41.5 Å². The summed E-state index contributed by atoms with van der Waals surface area (Å²) in [5.41, 5.74) is 20.3. The van der Waals surface area contributed by atoms with Gasteiger partial charge in [-0.1, -0.05) is 24.3 Å². The number of nitrogens with zero attached hydrogens (tertiary/aromatic N) is 6. The number of rotatable bonds is 20. The van der Waals surface area contributed by atoms with Gasteiger partial charge in [0.15, 0.2) is 0 Å². The molecule has 0 fully saturated rings. The molecule has 4 aliphatic rings. The first kappa shape index (κ1) is 78.9. The van der Waals surface area contributed by atoms with Gasteiger partial charge in [-0.25, -0.2) is 0 Å². The fourth-order valence-corrected chi connectivity index (χ4v) is 16.0. The average Bonchev–Trinajstić information content (AvgIpc) is 0.751. The van der Waals surface area contributed by atoms with Gasteiger partial charge < -0.3 is 79.6 Å². The van der Waals surface area contributed by atoms with E-state index < -0.39 is 54.9 Å². The van der Waals surface area contributed by atoms with Crippen molar-refractivity contribution in [3.05, 3.63) is 127 Å². The maximum absolute atomic E-state index is 14.6. The van der Waals surface area contributed by atoms with E-state index in [9.17, 15) is 36.0 Å². The number of nitrogens with two attached hydrogens (primary N) is 2. The molecule has 26 nitrogen and oxygen atoms in total. The second kappa shape index (κ2) is 34.4. The van der Waals surface area contributed by atoms with Crippen LogP contribution in [-0.4, -0.2) is 177 Å². The number of ether oxygens (including phenoxy) is 8. The van der Waals surface area contributed by atoms with Crippen LogP contribution in [0.5, 0.6) is 34.5 Å². The lowest BCUT2D eigenvalue weighted by molar-refractivity contribution is -0.137. The lowest BCUT2D eigenvalue weighted by atomic mass is 9.88. The zero-order chi connectivity index (χ0) is 74.4. The summed E-state index contributed by atoms with van der Waals surface area (Å²) in [4.78, 5) is 62.6. The summed E-state index contributed by atoms with van der Waals surface area (Å²) in [5.74, 6) is 1.03. The highest BCUT2D eigenvalue weighted by atomic mass is 32.2. The Morgan fingerprint density at radius 3 is 1.25 bits per heavy atom. The van der Waals surface area contributed by atoms with E-state index in [2.05, 4.69) is 19.4 Å². The number of guanidine groups is 2. The Labute approximate surface area is 600 Å². The van der Waals surface area contributed by atoms with Crippen LogP contribution >= 0.6 is 0 Å². The summed E-state index contributed by atoms with van der Waals surface area (Å²) >= 11 is 0. The Balaban J connectivity index is 1.02. The number of methoxy groups -OCH3 is 4. The molecule has 556 valence electrons. The van der Waals surface area contributed by atoms with Crippen molar-refractivity contribution < 1.29 is 73.9 Å². The van der Waals surface area contributed by atoms with Gasteiger partial charge in [-0.05, 0) is 188 Å². The molecule has 0 unspecified atom stereocenters. The molecule has 6 N–H and O–H groups in total. The topological polar surface area (TPSA) is 324 Å². The predicted molar refractivity (Wildman–Crippen MR) is 388 cm³/mol. The van der Waals surface area contributed by atoms with Gasteiger partial charge in [0.25, 0.3) is 20.0 Å². The first-order chi connectivity index (χ1) is 48.3. The molecule has 4 amide bonds. The largest absolute Gasteiger partial charge is 0.497 e. The van der Waals surface area contributed by atoms with Gasteiger partial charge in [0.05, 0.1) is 77.7 Å². The van der Waals surface area contributed by atoms with Crippen molar-refractivity contribution in [2.75, 3.05) is 94.1 Å². The van der Waals surface area contributed by atoms with Gasteiger partial charge in [-0.3, -0.25) is 19.2 Å². The van der Waals surface area contributed by atoms with Crippen LogP contribution < -0.4 is 50.5 Å². The first-order valence-corrected chi connectivity index (χ1v) is 37.3. The molecule has 0 saturated heterocycles. The summed E-state index contributed by atoms with van der Waals surface area (Å²) in [6.07, 6.45) is 2.68. The van der Waals surface area contributed by atoms with Crippen LogP contribution in [0.15, 0.2) is 79.3 Å². The van der Waals surface area contributed by atoms with Crippen LogP contribution in [0.1, 0.15) is 133 Å². The van der Waals surface area contributed by atoms with Crippen molar-refractivity contribution in [3.63, 3.8) is 0 Å². The average molecular weight is 1450 g/mol. The minimum absolute atomic E-state index is 0.00624. The van der Waals surface area contributed by atoms with Crippen LogP contribution in [0.3, 0.4) is 0 Å². The van der Waals surface area contributed by atoms with E-state index in [4.69, 9.17) is 49.4 Å². The molecule has 4 heterocycles. The lowest BCUT2D eigenvalue weighted by Crippen LogP contribution is -2.42. The van der Waals surface area contributed by atoms with E-state index in [1.165, 1.54) is 38.2 Å². The molecule has 5 aromatic rings. The highest BCUT2D eigenvalue weighted by Gasteiger charge is 2.36. The minimum Gasteiger partial charge on any atom is -0.497 e. The molecule has 2 bridgehead atoms. The van der Waals surface area contributed by atoms with E-state index >= 15 is 0 Å². The number of sulfonamides is 2. The van der Waals surface area contributed by atoms with E-state index in [-0.39, 0.29) is 139 Å². The number of benzene rings is 5. The van der Waals surface area contributed by atoms with Crippen molar-refractivity contribution >= 4 is 55.6 Å². The number of hydrogen-bond acceptors (Lipinski definition) is 16. The molecule has 5 aromatic carbocycles. The second-order valence-electron chi connectivity index (χ2n) is 27.2. The minimum atomic E-state index is -4.44. The second-order valence-corrected chi connectivity index (χ2v) is 30.3. The molecule has 102 heavy (non-hydrogen) atoms. The normalized spacial score (nSPS) is 16.5. The van der Waals surface area contributed by atoms with Gasteiger partial charge in [0.1, 0.15) is 45.7 Å². The summed E-state index contributed by atoms with van der Waals surface area (Å²) < 4.78 is 113. The number of nitrogens with one attached hydrogen (secondary N) is 2. The third kappa shape index (κ3) is 20.1. The smallest absolute Gasteiger partial charge is 0.286 e. The van der Waals surface area contributed by atoms with Gasteiger partial charge in [-0.15, -0.1) is 8.80 Å². The van der Waals surface area contributed by atoms with Crippen LogP contribution in [0.2, 0.25) is 0 Å². The molecule has 0 spiro atoms. The SMILES string of the molecule is COc1ccc(CN(CCCC(=O)N2CC(=O)NCCOCCOCCNC(=O)CN(C(=O)CCCN(Cc3ccc(OC)cc3OC)/C(N)=N/S(=O)(=O)c3c(C)c(C)c4c(c3C)CCC(C)(C)O4)Cc3ccc(cc3)C2)/C(N)=N/S(=O)(=O)c2c(C)c(C)c3c(c2C)CCC(C)(C)O3)c(OC)c1. The Bertz CT molecular complexity index is 3920. The zero-order valence-corrected chi connectivity index (χ0v) is 63.1. The fourth-order valence-electron chi connectivity index (χ4n) is 13.0. The number of amides is 4. The predicted octanol–water partition coefficient (Wildman–Crippen LogP) is 7.69. The zero-order valence-electron chi connectivity index (χ0n) is 61.5. The number of hydrogen-bond donors (Lipinski definition) is 4. The molecule has 28 heteroatoms. The van der Waals surface area contributed by atoms with Crippen molar-refractivity contribution in [2.24, 2.45) is 20.3 Å². The lowest BCUT2D eigenvalue weighted by Gasteiger charge is -2.35. The molecular formula is C74H102N10O16S2. The van der Waals surface area contributed by atoms with Crippen LogP contribution in [0.4, 0.5) is 0 Å². The molecule has 0 aromatic heterocycles. The molecular weight excluding hydrogens is 1350 g/mol. The Morgan fingerprint density at radius 1 is 0.529 bits per heavy atom. The van der Waals surface area contributed by atoms with Gasteiger partial charge in [-0.2, -0.15) is 16.8 Å². The Kier molecular flexibility index (Phi) is 26.6. The first-order valence-electron chi connectivity index (χ1n) is 34.4. The van der Waals surface area contributed by atoms with Crippen LogP contribution in [0, 0.1) is 41.5 Å². The highest BCUT2D eigenvalue weighted by Crippen LogP contribution is 2.44. The Hall–Kier alpha value is -8.86. The van der Waals surface area contributed by atoms with Gasteiger partial charge in [0.2, 0.25) is 35.5 Å². The standard InChI is InChI=1S/C74H102N10O16S2/c1-47-49(3)69(51(5)59-27-29-73(7,8)99-67(47)59)101(89,90)79-71(75)81(43-55-23-25-57(93-11)39-61(55)95-13)33-15-17-65(87)83-41-53-19-21-54(22-20-53)42-84(46-64(86)78-32-36-98-38-37-97-35-31-77-63(85)45-83)66(88)18-16-34-82(44-56-24-26-58(94-12)40-62(56)96-14)72(76)80-102(91,92)70-50(4)48(2)68-60(52(70)6)28-30-74(9,10)100-68/h19-26,39-40H,15-18,27-38,41-46H2,1-14H3,(H2,75,79)(H2,76,80)(H,77,85)(H,78,86). The summed E-state index contributed by atoms with van der Waals surface area (Å²) in [6.45, 7) is 19.2. The van der Waals surface area contributed by atoms with Crippen molar-refractivity contribution in [2.45, 2.75) is 168 Å². The maximum Gasteiger partial charge on any atom is 0.286 e. The maximum atomic E-state index is 14.6. The van der Waals surface area contributed by atoms with Crippen molar-refractivity contribution in [1.29, 1.82) is 0 Å². The van der Waals surface area contributed by atoms with Crippen LogP contribution in [-0.2, 0) is 87.7 Å². The number of carbonyl (C=O) groups is 4. The molecule has 4 aliphatic heterocycles. The molecule has 9 rings (SSSR count). The molecule has 0 aliphatic carbocycles. The Morgan fingerprint density at radius 2 is 0.902 bits per heavy atom. The summed E-state index contributed by atoms with van der Waals surface area (Å²) in [6, 6.07) is 17.5. The molecule has 0 saturated carbocycles. The van der Waals surface area contributed by atoms with Crippen molar-refractivity contribution in [3.8, 4) is 34.5 Å². The quantitative estimate of drug-likeness (QED) is 0.0329. The van der Waals surface area contributed by atoms with E-state index in [1.54, 1.807) is 98.2 Å². The van der Waals surface area contributed by atoms with E-state index in [0.717, 1.165) is 11.1 Å². The van der Waals surface area contributed by atoms with Gasteiger partial charge in [0, 0.05) is 88.5 Å². The summed E-state index contributed by atoms with van der Waals surface area (Å²) in [7, 11) is -2.81. The molecule has 0 radical (unpaired) electrons. The number of fused-ring (bicyclic) bond motifs is 21. The fraction of sp³-hybridized carbons (Fsp3) is 0.514. The monoisotopic (exact) mass is 1450 g/mol. The van der Waals surface area contributed by atoms with E-state index in [0.29, 0.717) is 116 Å². The third-order valence-corrected chi connectivity index (χ3v) is 22.0. The van der Waals surface area contributed by atoms with Crippen LogP contribution in [0.25, 0.3) is 0 Å². The summed E-state index contributed by atoms with van der Waals surface area (Å²) in [5, 5.41) is 5.67. The molecule has 0 atom stereocenters. The highest BCUT2D eigenvalue weighted by molar-refractivity contribution is 7.90.